The molecule has 27 heavy (non-hydrogen) atoms. The Kier molecular flexibility index (Phi) is 5.87. The highest BCUT2D eigenvalue weighted by Crippen LogP contribution is 2.21. The van der Waals surface area contributed by atoms with Gasteiger partial charge in [0, 0.05) is 43.2 Å². The van der Waals surface area contributed by atoms with Crippen molar-refractivity contribution in [2.75, 3.05) is 26.2 Å². The Morgan fingerprint density at radius 2 is 1.81 bits per heavy atom. The van der Waals surface area contributed by atoms with E-state index >= 15 is 0 Å². The van der Waals surface area contributed by atoms with Gasteiger partial charge in [0.1, 0.15) is 12.4 Å². The molecule has 3 heterocycles. The van der Waals surface area contributed by atoms with E-state index in [1.807, 2.05) is 46.7 Å². The van der Waals surface area contributed by atoms with Gasteiger partial charge >= 0.3 is 0 Å². The minimum Gasteiger partial charge on any atom is -0.489 e. The highest BCUT2D eigenvalue weighted by Gasteiger charge is 2.23. The van der Waals surface area contributed by atoms with Crippen molar-refractivity contribution in [1.82, 2.24) is 9.80 Å². The largest absolute Gasteiger partial charge is 0.489 e. The fraction of sp³-hybridized carbons (Fsp3) is 0.286. The van der Waals surface area contributed by atoms with Crippen molar-refractivity contribution >= 4 is 28.6 Å². The van der Waals surface area contributed by atoms with Crippen LogP contribution in [0.2, 0.25) is 0 Å². The SMILES string of the molecule is O=C(c1cc(COc2ccccc2)cs1)N1CCN(Cc2cccs2)CC1. The summed E-state index contributed by atoms with van der Waals surface area (Å²) in [4.78, 5) is 19.4. The zero-order valence-electron chi connectivity index (χ0n) is 15.0. The summed E-state index contributed by atoms with van der Waals surface area (Å²) in [5.74, 6) is 0.986. The summed E-state index contributed by atoms with van der Waals surface area (Å²) in [6.07, 6.45) is 0. The van der Waals surface area contributed by atoms with Gasteiger partial charge in [-0.2, -0.15) is 0 Å². The second-order valence-electron chi connectivity index (χ2n) is 6.57. The zero-order chi connectivity index (χ0) is 18.5. The summed E-state index contributed by atoms with van der Waals surface area (Å²) in [5.41, 5.74) is 1.04. The molecule has 4 rings (SSSR count). The van der Waals surface area contributed by atoms with E-state index in [9.17, 15) is 4.79 Å². The monoisotopic (exact) mass is 398 g/mol. The van der Waals surface area contributed by atoms with Gasteiger partial charge in [-0.25, -0.2) is 0 Å². The molecule has 0 spiro atoms. The number of nitrogens with zero attached hydrogens (tertiary/aromatic N) is 2. The first-order chi connectivity index (χ1) is 13.3. The van der Waals surface area contributed by atoms with Gasteiger partial charge < -0.3 is 9.64 Å². The topological polar surface area (TPSA) is 32.8 Å². The van der Waals surface area contributed by atoms with Crippen LogP contribution in [0.25, 0.3) is 0 Å². The third-order valence-electron chi connectivity index (χ3n) is 4.63. The lowest BCUT2D eigenvalue weighted by Gasteiger charge is -2.34. The summed E-state index contributed by atoms with van der Waals surface area (Å²) in [6, 6.07) is 16.0. The minimum atomic E-state index is 0.140. The molecule has 0 atom stereocenters. The molecule has 1 saturated heterocycles. The van der Waals surface area contributed by atoms with E-state index in [0.29, 0.717) is 6.61 Å². The molecule has 3 aromatic rings. The van der Waals surface area contributed by atoms with E-state index in [2.05, 4.69) is 22.4 Å². The van der Waals surface area contributed by atoms with Crippen LogP contribution in [-0.2, 0) is 13.2 Å². The summed E-state index contributed by atoms with van der Waals surface area (Å²) in [7, 11) is 0. The molecular weight excluding hydrogens is 376 g/mol. The van der Waals surface area contributed by atoms with Crippen LogP contribution in [0.4, 0.5) is 0 Å². The molecule has 1 fully saturated rings. The maximum Gasteiger partial charge on any atom is 0.264 e. The molecule has 0 bridgehead atoms. The second-order valence-corrected chi connectivity index (χ2v) is 8.51. The standard InChI is InChI=1S/C21H22N2O2S2/c24-21(23-10-8-22(9-11-23)14-19-7-4-12-26-19)20-13-17(16-27-20)15-25-18-5-2-1-3-6-18/h1-7,12-13,16H,8-11,14-15H2. The van der Waals surface area contributed by atoms with Crippen LogP contribution < -0.4 is 4.74 Å². The summed E-state index contributed by atoms with van der Waals surface area (Å²) in [6.45, 7) is 4.91. The van der Waals surface area contributed by atoms with Gasteiger partial charge in [0.05, 0.1) is 4.88 Å². The van der Waals surface area contributed by atoms with E-state index < -0.39 is 0 Å². The molecule has 140 valence electrons. The van der Waals surface area contributed by atoms with E-state index in [1.165, 1.54) is 16.2 Å². The van der Waals surface area contributed by atoms with Crippen LogP contribution in [0, 0.1) is 0 Å². The van der Waals surface area contributed by atoms with Gasteiger partial charge in [-0.15, -0.1) is 22.7 Å². The molecule has 0 unspecified atom stereocenters. The number of hydrogen-bond acceptors (Lipinski definition) is 5. The maximum atomic E-state index is 12.8. The van der Waals surface area contributed by atoms with Gasteiger partial charge in [0.2, 0.25) is 0 Å². The predicted octanol–water partition coefficient (Wildman–Crippen LogP) is 4.35. The van der Waals surface area contributed by atoms with Gasteiger partial charge in [-0.3, -0.25) is 9.69 Å². The van der Waals surface area contributed by atoms with Crippen molar-refractivity contribution in [2.45, 2.75) is 13.2 Å². The van der Waals surface area contributed by atoms with Crippen molar-refractivity contribution in [3.05, 3.63) is 74.6 Å². The van der Waals surface area contributed by atoms with Gasteiger partial charge in [0.25, 0.3) is 5.91 Å². The lowest BCUT2D eigenvalue weighted by atomic mass is 10.2. The van der Waals surface area contributed by atoms with Crippen LogP contribution in [0.5, 0.6) is 5.75 Å². The van der Waals surface area contributed by atoms with E-state index in [4.69, 9.17) is 4.74 Å². The first-order valence-electron chi connectivity index (χ1n) is 9.07. The summed E-state index contributed by atoms with van der Waals surface area (Å²) < 4.78 is 5.77. The Bertz CT molecular complexity index is 853. The highest BCUT2D eigenvalue weighted by atomic mass is 32.1. The van der Waals surface area contributed by atoms with E-state index in [-0.39, 0.29) is 5.91 Å². The van der Waals surface area contributed by atoms with E-state index in [0.717, 1.165) is 48.9 Å². The Balaban J connectivity index is 1.28. The molecule has 0 N–H and O–H groups in total. The molecule has 1 aliphatic rings. The fourth-order valence-corrected chi connectivity index (χ4v) is 4.74. The number of carbonyl (C=O) groups is 1. The lowest BCUT2D eigenvalue weighted by Crippen LogP contribution is -2.48. The number of carbonyl (C=O) groups excluding carboxylic acids is 1. The number of ether oxygens (including phenoxy) is 1. The van der Waals surface area contributed by atoms with Gasteiger partial charge in [0.15, 0.2) is 0 Å². The molecule has 0 radical (unpaired) electrons. The third-order valence-corrected chi connectivity index (χ3v) is 6.46. The molecule has 1 amide bonds. The summed E-state index contributed by atoms with van der Waals surface area (Å²) in [5, 5.41) is 4.13. The number of piperazine rings is 1. The molecule has 0 saturated carbocycles. The van der Waals surface area contributed by atoms with Gasteiger partial charge in [-0.1, -0.05) is 24.3 Å². The van der Waals surface area contributed by atoms with Crippen LogP contribution in [0.3, 0.4) is 0 Å². The van der Waals surface area contributed by atoms with Crippen LogP contribution in [0.15, 0.2) is 59.3 Å². The minimum absolute atomic E-state index is 0.140. The fourth-order valence-electron chi connectivity index (χ4n) is 3.13. The first-order valence-corrected chi connectivity index (χ1v) is 10.8. The predicted molar refractivity (Wildman–Crippen MR) is 111 cm³/mol. The Hall–Kier alpha value is -2.15. The number of hydrogen-bond donors (Lipinski definition) is 0. The highest BCUT2D eigenvalue weighted by molar-refractivity contribution is 7.12. The number of para-hydroxylation sites is 1. The average Bonchev–Trinajstić information content (AvgIpc) is 3.39. The molecule has 0 aliphatic carbocycles. The first kappa shape index (κ1) is 18.2. The van der Waals surface area contributed by atoms with Crippen molar-refractivity contribution in [3.8, 4) is 5.75 Å². The smallest absolute Gasteiger partial charge is 0.264 e. The molecule has 4 nitrogen and oxygen atoms in total. The molecule has 6 heteroatoms. The third kappa shape index (κ3) is 4.77. The van der Waals surface area contributed by atoms with Gasteiger partial charge in [-0.05, 0) is 35.0 Å². The normalized spacial score (nSPS) is 15.0. The Morgan fingerprint density at radius 3 is 2.56 bits per heavy atom. The zero-order valence-corrected chi connectivity index (χ0v) is 16.7. The van der Waals surface area contributed by atoms with E-state index in [1.54, 1.807) is 11.3 Å². The quantitative estimate of drug-likeness (QED) is 0.619. The van der Waals surface area contributed by atoms with Crippen molar-refractivity contribution in [2.24, 2.45) is 0 Å². The average molecular weight is 399 g/mol. The molecule has 2 aromatic heterocycles. The number of rotatable bonds is 6. The molecule has 1 aliphatic heterocycles. The Labute approximate surface area is 167 Å². The Morgan fingerprint density at radius 1 is 1.00 bits per heavy atom. The summed E-state index contributed by atoms with van der Waals surface area (Å²) >= 11 is 3.30. The number of thiophene rings is 2. The van der Waals surface area contributed by atoms with Crippen LogP contribution in [-0.4, -0.2) is 41.9 Å². The van der Waals surface area contributed by atoms with Crippen molar-refractivity contribution in [1.29, 1.82) is 0 Å². The van der Waals surface area contributed by atoms with Crippen molar-refractivity contribution < 1.29 is 9.53 Å². The number of benzene rings is 1. The maximum absolute atomic E-state index is 12.8. The molecular formula is C21H22N2O2S2. The second kappa shape index (κ2) is 8.69. The molecule has 1 aromatic carbocycles. The number of amides is 1. The lowest BCUT2D eigenvalue weighted by molar-refractivity contribution is 0.0634. The van der Waals surface area contributed by atoms with Crippen LogP contribution >= 0.6 is 22.7 Å². The van der Waals surface area contributed by atoms with Crippen LogP contribution in [0.1, 0.15) is 20.1 Å². The van der Waals surface area contributed by atoms with Crippen molar-refractivity contribution in [3.63, 3.8) is 0 Å².